The van der Waals surface area contributed by atoms with Gasteiger partial charge in [-0.1, -0.05) is 30.9 Å². The van der Waals surface area contributed by atoms with Gasteiger partial charge in [0.2, 0.25) is 0 Å². The zero-order valence-electron chi connectivity index (χ0n) is 14.6. The molecule has 2 aromatic rings. The summed E-state index contributed by atoms with van der Waals surface area (Å²) in [4.78, 5) is 11.0. The third-order valence-electron chi connectivity index (χ3n) is 4.48. The smallest absolute Gasteiger partial charge is 0.268 e. The molecule has 1 heterocycles. The highest BCUT2D eigenvalue weighted by molar-refractivity contribution is 7.93. The van der Waals surface area contributed by atoms with Gasteiger partial charge in [0.05, 0.1) is 5.69 Å². The number of halogens is 1. The minimum absolute atomic E-state index is 0.0620. The molecular weight excluding hydrogens is 408 g/mol. The Labute approximate surface area is 167 Å². The number of nitrogens with two attached hydrogens (primary N) is 1. The topological polar surface area (TPSA) is 89.7 Å². The first kappa shape index (κ1) is 20.0. The Hall–Kier alpha value is -1.77. The highest BCUT2D eigenvalue weighted by Gasteiger charge is 2.35. The number of primary amides is 1. The van der Waals surface area contributed by atoms with Gasteiger partial charge < -0.3 is 10.5 Å². The van der Waals surface area contributed by atoms with Crippen LogP contribution in [0.5, 0.6) is 5.75 Å². The van der Waals surface area contributed by atoms with Gasteiger partial charge in [0.15, 0.2) is 6.61 Å². The van der Waals surface area contributed by atoms with Crippen LogP contribution in [0.1, 0.15) is 32.1 Å². The van der Waals surface area contributed by atoms with E-state index in [1.54, 1.807) is 6.07 Å². The molecule has 0 atom stereocenters. The van der Waals surface area contributed by atoms with Crippen LogP contribution < -0.4 is 14.8 Å². The second-order valence-electron chi connectivity index (χ2n) is 6.42. The molecule has 9 heteroatoms. The molecule has 2 N–H and O–H groups in total. The second kappa shape index (κ2) is 8.50. The summed E-state index contributed by atoms with van der Waals surface area (Å²) >= 11 is 7.51. The summed E-state index contributed by atoms with van der Waals surface area (Å²) in [7, 11) is -3.95. The number of carbonyl (C=O) groups excluding carboxylic acids is 1. The normalized spacial score (nSPS) is 15.4. The zero-order chi connectivity index (χ0) is 19.4. The molecule has 1 aliphatic carbocycles. The van der Waals surface area contributed by atoms with Gasteiger partial charge in [0.25, 0.3) is 15.9 Å². The number of nitrogens with zero attached hydrogens (tertiary/aromatic N) is 1. The van der Waals surface area contributed by atoms with Gasteiger partial charge in [-0.25, -0.2) is 8.42 Å². The van der Waals surface area contributed by atoms with Crippen LogP contribution >= 0.6 is 22.9 Å². The average Bonchev–Trinajstić information content (AvgIpc) is 3.15. The number of benzene rings is 1. The first-order valence-electron chi connectivity index (χ1n) is 8.67. The number of anilines is 1. The lowest BCUT2D eigenvalue weighted by molar-refractivity contribution is -0.120. The molecule has 0 bridgehead atoms. The number of amides is 1. The molecule has 1 amide bonds. The van der Waals surface area contributed by atoms with Crippen LogP contribution in [0.2, 0.25) is 5.02 Å². The number of sulfonamides is 1. The van der Waals surface area contributed by atoms with Crippen molar-refractivity contribution in [2.45, 2.75) is 43.0 Å². The third kappa shape index (κ3) is 4.56. The van der Waals surface area contributed by atoms with Crippen LogP contribution in [0, 0.1) is 0 Å². The lowest BCUT2D eigenvalue weighted by atomic mass is 9.95. The molecule has 6 nitrogen and oxygen atoms in total. The van der Waals surface area contributed by atoms with Crippen LogP contribution in [-0.2, 0) is 14.8 Å². The Bertz CT molecular complexity index is 894. The number of ether oxygens (including phenoxy) is 1. The lowest BCUT2D eigenvalue weighted by Crippen LogP contribution is -2.41. The van der Waals surface area contributed by atoms with E-state index in [0.717, 1.165) is 32.1 Å². The first-order valence-corrected chi connectivity index (χ1v) is 11.4. The standard InChI is InChI=1S/C18H21ClN2O4S2/c19-13-6-7-16(25-11-18(20)22)17(10-13)27(23,24)21(15-8-9-26-12-15)14-4-2-1-3-5-14/h6-10,12,14H,1-5,11H2,(H2,20,22). The average molecular weight is 429 g/mol. The van der Waals surface area contributed by atoms with Crippen LogP contribution in [0.25, 0.3) is 0 Å². The van der Waals surface area contributed by atoms with Crippen LogP contribution in [0.15, 0.2) is 39.9 Å². The van der Waals surface area contributed by atoms with Crippen molar-refractivity contribution >= 4 is 44.6 Å². The quantitative estimate of drug-likeness (QED) is 0.726. The molecule has 1 aromatic carbocycles. The van der Waals surface area contributed by atoms with Crippen molar-refractivity contribution in [3.05, 3.63) is 40.0 Å². The Morgan fingerprint density at radius 2 is 2.00 bits per heavy atom. The molecule has 1 aromatic heterocycles. The molecule has 0 radical (unpaired) electrons. The van der Waals surface area contributed by atoms with Crippen molar-refractivity contribution in [3.63, 3.8) is 0 Å². The third-order valence-corrected chi connectivity index (χ3v) is 7.29. The summed E-state index contributed by atoms with van der Waals surface area (Å²) in [6.07, 6.45) is 4.68. The molecule has 0 unspecified atom stereocenters. The summed E-state index contributed by atoms with van der Waals surface area (Å²) < 4.78 is 34.1. The maximum absolute atomic E-state index is 13.6. The van der Waals surface area contributed by atoms with Crippen molar-refractivity contribution < 1.29 is 17.9 Å². The van der Waals surface area contributed by atoms with E-state index in [1.807, 2.05) is 10.8 Å². The lowest BCUT2D eigenvalue weighted by Gasteiger charge is -2.34. The summed E-state index contributed by atoms with van der Waals surface area (Å²) in [5, 5.41) is 3.94. The Morgan fingerprint density at radius 3 is 2.63 bits per heavy atom. The van der Waals surface area contributed by atoms with Gasteiger partial charge in [-0.3, -0.25) is 9.10 Å². The van der Waals surface area contributed by atoms with Gasteiger partial charge in [0, 0.05) is 16.4 Å². The van der Waals surface area contributed by atoms with Crippen molar-refractivity contribution in [1.82, 2.24) is 0 Å². The first-order chi connectivity index (χ1) is 12.9. The Balaban J connectivity index is 2.06. The fraction of sp³-hybridized carbons (Fsp3) is 0.389. The number of carbonyl (C=O) groups is 1. The highest BCUT2D eigenvalue weighted by Crippen LogP contribution is 2.37. The fourth-order valence-electron chi connectivity index (χ4n) is 3.30. The molecular formula is C18H21ClN2O4S2. The van der Waals surface area contributed by atoms with Crippen LogP contribution in [0.3, 0.4) is 0 Å². The summed E-state index contributed by atoms with van der Waals surface area (Å²) in [6, 6.07) is 6.00. The van der Waals surface area contributed by atoms with E-state index < -0.39 is 22.5 Å². The van der Waals surface area contributed by atoms with Gasteiger partial charge in [0.1, 0.15) is 10.6 Å². The van der Waals surface area contributed by atoms with E-state index in [1.165, 1.54) is 33.8 Å². The summed E-state index contributed by atoms with van der Waals surface area (Å²) in [5.74, 6) is -0.621. The van der Waals surface area contributed by atoms with E-state index in [0.29, 0.717) is 5.69 Å². The molecule has 0 spiro atoms. The molecule has 1 aliphatic rings. The Kier molecular flexibility index (Phi) is 6.29. The maximum atomic E-state index is 13.6. The van der Waals surface area contributed by atoms with Crippen molar-refractivity contribution in [2.24, 2.45) is 5.73 Å². The molecule has 1 saturated carbocycles. The predicted molar refractivity (Wildman–Crippen MR) is 107 cm³/mol. The van der Waals surface area contributed by atoms with Gasteiger partial charge >= 0.3 is 0 Å². The summed E-state index contributed by atoms with van der Waals surface area (Å²) in [6.45, 7) is -0.411. The van der Waals surface area contributed by atoms with Crippen LogP contribution in [-0.4, -0.2) is 27.0 Å². The van der Waals surface area contributed by atoms with Crippen molar-refractivity contribution in [2.75, 3.05) is 10.9 Å². The maximum Gasteiger partial charge on any atom is 0.268 e. The highest BCUT2D eigenvalue weighted by atomic mass is 35.5. The predicted octanol–water partition coefficient (Wildman–Crippen LogP) is 3.79. The number of rotatable bonds is 7. The van der Waals surface area contributed by atoms with Crippen LogP contribution in [0.4, 0.5) is 5.69 Å². The Morgan fingerprint density at radius 1 is 1.26 bits per heavy atom. The SMILES string of the molecule is NC(=O)COc1ccc(Cl)cc1S(=O)(=O)N(c1ccsc1)C1CCCCC1. The molecule has 0 aliphatic heterocycles. The van der Waals surface area contributed by atoms with E-state index >= 15 is 0 Å². The monoisotopic (exact) mass is 428 g/mol. The van der Waals surface area contributed by atoms with Crippen molar-refractivity contribution in [1.29, 1.82) is 0 Å². The van der Waals surface area contributed by atoms with Crippen molar-refractivity contribution in [3.8, 4) is 5.75 Å². The van der Waals surface area contributed by atoms with E-state index in [2.05, 4.69) is 0 Å². The van der Waals surface area contributed by atoms with Gasteiger partial charge in [-0.15, -0.1) is 0 Å². The largest absolute Gasteiger partial charge is 0.482 e. The van der Waals surface area contributed by atoms with E-state index in [4.69, 9.17) is 22.1 Å². The number of hydrogen-bond acceptors (Lipinski definition) is 5. The summed E-state index contributed by atoms with van der Waals surface area (Å²) in [5.41, 5.74) is 5.77. The molecule has 3 rings (SSSR count). The fourth-order valence-corrected chi connectivity index (χ4v) is 6.10. The minimum Gasteiger partial charge on any atom is -0.482 e. The van der Waals surface area contributed by atoms with E-state index in [-0.39, 0.29) is 21.7 Å². The van der Waals surface area contributed by atoms with Gasteiger partial charge in [-0.2, -0.15) is 11.3 Å². The molecule has 27 heavy (non-hydrogen) atoms. The molecule has 1 fully saturated rings. The molecule has 0 saturated heterocycles. The number of thiophene rings is 1. The van der Waals surface area contributed by atoms with Gasteiger partial charge in [-0.05, 0) is 42.5 Å². The zero-order valence-corrected chi connectivity index (χ0v) is 17.0. The second-order valence-corrected chi connectivity index (χ2v) is 9.42. The minimum atomic E-state index is -3.95. The number of hydrogen-bond donors (Lipinski definition) is 1. The molecule has 146 valence electrons. The van der Waals surface area contributed by atoms with E-state index in [9.17, 15) is 13.2 Å².